The molecule has 0 aliphatic rings. The highest BCUT2D eigenvalue weighted by molar-refractivity contribution is 7.90. The summed E-state index contributed by atoms with van der Waals surface area (Å²) in [5.74, 6) is -54.7. The van der Waals surface area contributed by atoms with E-state index in [1.165, 1.54) is 0 Å². The van der Waals surface area contributed by atoms with Gasteiger partial charge in [-0.2, -0.15) is 78.9 Å². The van der Waals surface area contributed by atoms with E-state index in [1.807, 2.05) is 0 Å². The minimum absolute atomic E-state index is 0.143. The number of hydrogen-bond acceptors (Lipinski definition) is 3. The first kappa shape index (κ1) is 35.2. The summed E-state index contributed by atoms with van der Waals surface area (Å²) < 4.78 is 249. The molecule has 1 atom stereocenters. The maximum atomic E-state index is 14.2. The molecule has 0 unspecified atom stereocenters. The summed E-state index contributed by atoms with van der Waals surface area (Å²) in [7, 11) is -7.65. The highest BCUT2D eigenvalue weighted by Gasteiger charge is 2.96. The van der Waals surface area contributed by atoms with Crippen molar-refractivity contribution in [3.8, 4) is 0 Å². The Morgan fingerprint density at radius 1 is 0.676 bits per heavy atom. The van der Waals surface area contributed by atoms with Crippen molar-refractivity contribution in [3.63, 3.8) is 0 Å². The molecule has 0 aromatic rings. The highest BCUT2D eigenvalue weighted by Crippen LogP contribution is 2.64. The van der Waals surface area contributed by atoms with Crippen LogP contribution in [0.3, 0.4) is 0 Å². The first-order valence-electron chi connectivity index (χ1n) is 8.76. The number of carboxylic acids is 1. The largest absolute Gasteiger partial charge is 0.480 e. The Labute approximate surface area is 194 Å². The lowest BCUT2D eigenvalue weighted by atomic mass is 9.91. The minimum atomic E-state index is -8.95. The van der Waals surface area contributed by atoms with Crippen LogP contribution in [0.5, 0.6) is 0 Å². The van der Waals surface area contributed by atoms with Crippen LogP contribution in [0.25, 0.3) is 0 Å². The first-order chi connectivity index (χ1) is 15.8. The molecule has 37 heavy (non-hydrogen) atoms. The zero-order chi connectivity index (χ0) is 30.6. The van der Waals surface area contributed by atoms with E-state index in [2.05, 4.69) is 0 Å². The molecule has 0 aromatic heterocycles. The van der Waals surface area contributed by atoms with Crippen molar-refractivity contribution in [2.75, 3.05) is 6.54 Å². The summed E-state index contributed by atoms with van der Waals surface area (Å²) in [5.41, 5.74) is 0. The molecule has 0 aromatic carbocycles. The maximum absolute atomic E-state index is 14.2. The second-order valence-electron chi connectivity index (χ2n) is 7.09. The van der Waals surface area contributed by atoms with Crippen molar-refractivity contribution in [3.05, 3.63) is 0 Å². The van der Waals surface area contributed by atoms with Crippen LogP contribution in [0, 0.1) is 0 Å². The number of nitrogens with zero attached hydrogens (tertiary/aromatic N) is 1. The van der Waals surface area contributed by atoms with Crippen molar-refractivity contribution in [1.29, 1.82) is 0 Å². The third-order valence-corrected chi connectivity index (χ3v) is 6.58. The van der Waals surface area contributed by atoms with Gasteiger partial charge in [0.25, 0.3) is 10.0 Å². The van der Waals surface area contributed by atoms with Crippen LogP contribution in [0.15, 0.2) is 0 Å². The van der Waals surface area contributed by atoms with Crippen LogP contribution >= 0.6 is 0 Å². The molecular weight excluding hydrogens is 601 g/mol. The molecule has 23 heteroatoms. The van der Waals surface area contributed by atoms with Crippen molar-refractivity contribution in [2.24, 2.45) is 0 Å². The van der Waals surface area contributed by atoms with E-state index in [1.54, 1.807) is 0 Å². The SMILES string of the molecule is CCCN([C@@H](C)C(=O)O)S(=O)(=O)C(F)(F)C(F)(F)C(F)(F)C(F)(F)C(F)(F)C(F)(F)C(F)(F)C(F)(F)F. The van der Waals surface area contributed by atoms with E-state index in [0.717, 1.165) is 6.92 Å². The van der Waals surface area contributed by atoms with Gasteiger partial charge in [-0.15, -0.1) is 0 Å². The van der Waals surface area contributed by atoms with Crippen molar-refractivity contribution < 1.29 is 93.0 Å². The van der Waals surface area contributed by atoms with Gasteiger partial charge >= 0.3 is 52.9 Å². The fourth-order valence-electron chi connectivity index (χ4n) is 2.32. The Kier molecular flexibility index (Phi) is 8.97. The minimum Gasteiger partial charge on any atom is -0.480 e. The molecule has 0 aliphatic heterocycles. The van der Waals surface area contributed by atoms with Gasteiger partial charge in [0.05, 0.1) is 0 Å². The molecular formula is C14H12F17NO4S. The zero-order valence-corrected chi connectivity index (χ0v) is 18.3. The van der Waals surface area contributed by atoms with Crippen LogP contribution < -0.4 is 0 Å². The Hall–Kier alpha value is -1.81. The molecule has 0 saturated carbocycles. The van der Waals surface area contributed by atoms with Crippen molar-refractivity contribution in [1.82, 2.24) is 4.31 Å². The lowest BCUT2D eigenvalue weighted by Crippen LogP contribution is -2.75. The number of halogens is 17. The summed E-state index contributed by atoms with van der Waals surface area (Å²) in [5, 5.41) is 0.898. The molecule has 0 heterocycles. The number of rotatable bonds is 12. The van der Waals surface area contributed by atoms with E-state index in [9.17, 15) is 87.8 Å². The smallest absolute Gasteiger partial charge is 0.460 e. The van der Waals surface area contributed by atoms with Gasteiger partial charge < -0.3 is 5.11 Å². The predicted octanol–water partition coefficient (Wildman–Crippen LogP) is 5.47. The van der Waals surface area contributed by atoms with Gasteiger partial charge in [0, 0.05) is 6.54 Å². The quantitative estimate of drug-likeness (QED) is 0.297. The van der Waals surface area contributed by atoms with Gasteiger partial charge in [-0.3, -0.25) is 4.79 Å². The van der Waals surface area contributed by atoms with E-state index >= 15 is 0 Å². The molecule has 0 aliphatic carbocycles. The monoisotopic (exact) mass is 613 g/mol. The summed E-state index contributed by atoms with van der Waals surface area (Å²) in [6, 6.07) is -2.86. The van der Waals surface area contributed by atoms with Gasteiger partial charge in [-0.05, 0) is 13.3 Å². The number of hydrogen-bond donors (Lipinski definition) is 1. The number of aliphatic carboxylic acids is 1. The van der Waals surface area contributed by atoms with Gasteiger partial charge in [0.15, 0.2) is 0 Å². The molecule has 222 valence electrons. The Bertz CT molecular complexity index is 960. The van der Waals surface area contributed by atoms with Crippen LogP contribution in [0.4, 0.5) is 74.6 Å². The second kappa shape index (κ2) is 9.43. The van der Waals surface area contributed by atoms with Crippen LogP contribution in [0.1, 0.15) is 20.3 Å². The molecule has 0 fully saturated rings. The predicted molar refractivity (Wildman–Crippen MR) is 83.7 cm³/mol. The highest BCUT2D eigenvalue weighted by atomic mass is 32.2. The molecule has 0 saturated heterocycles. The van der Waals surface area contributed by atoms with E-state index in [4.69, 9.17) is 5.11 Å². The third-order valence-electron chi connectivity index (χ3n) is 4.56. The normalized spacial score (nSPS) is 16.8. The van der Waals surface area contributed by atoms with E-state index in [-0.39, 0.29) is 6.92 Å². The number of sulfonamides is 1. The summed E-state index contributed by atoms with van der Waals surface area (Å²) in [6.07, 6.45) is -8.70. The molecule has 0 spiro atoms. The third kappa shape index (κ3) is 4.66. The van der Waals surface area contributed by atoms with Crippen LogP contribution in [-0.4, -0.2) is 83.4 Å². The second-order valence-corrected chi connectivity index (χ2v) is 9.02. The molecule has 0 amide bonds. The van der Waals surface area contributed by atoms with Crippen LogP contribution in [-0.2, 0) is 14.8 Å². The first-order valence-corrected chi connectivity index (χ1v) is 10.2. The number of carboxylic acid groups (broad SMARTS) is 1. The van der Waals surface area contributed by atoms with Crippen molar-refractivity contribution in [2.45, 2.75) is 73.3 Å². The van der Waals surface area contributed by atoms with Gasteiger partial charge in [-0.25, -0.2) is 8.42 Å². The van der Waals surface area contributed by atoms with Crippen molar-refractivity contribution >= 4 is 16.0 Å². The van der Waals surface area contributed by atoms with E-state index in [0.29, 0.717) is 0 Å². The fourth-order valence-corrected chi connectivity index (χ4v) is 4.00. The Balaban J connectivity index is 7.17. The number of alkyl halides is 17. The number of carbonyl (C=O) groups is 1. The summed E-state index contributed by atoms with van der Waals surface area (Å²) >= 11 is 0. The van der Waals surface area contributed by atoms with Gasteiger partial charge in [-0.1, -0.05) is 6.92 Å². The molecule has 1 N–H and O–H groups in total. The molecule has 0 rings (SSSR count). The van der Waals surface area contributed by atoms with Gasteiger partial charge in [0.2, 0.25) is 0 Å². The molecule has 5 nitrogen and oxygen atoms in total. The molecule has 0 radical (unpaired) electrons. The summed E-state index contributed by atoms with van der Waals surface area (Å²) in [6.45, 7) is -0.584. The topological polar surface area (TPSA) is 74.7 Å². The van der Waals surface area contributed by atoms with Gasteiger partial charge in [0.1, 0.15) is 6.04 Å². The lowest BCUT2D eigenvalue weighted by Gasteiger charge is -2.43. The molecule has 0 bridgehead atoms. The zero-order valence-electron chi connectivity index (χ0n) is 17.4. The van der Waals surface area contributed by atoms with Crippen LogP contribution in [0.2, 0.25) is 0 Å². The standard InChI is InChI=1S/C14H12F17NO4S/c1-3-4-32(5(2)6(33)34)37(35,36)14(30,31)12(25,26)10(21,22)8(17,18)7(15,16)9(19,20)11(23,24)13(27,28)29/h5H,3-4H2,1-2H3,(H,33,34)/t5-/m0/s1. The maximum Gasteiger partial charge on any atom is 0.460 e. The summed E-state index contributed by atoms with van der Waals surface area (Å²) in [4.78, 5) is 10.9. The average molecular weight is 613 g/mol. The van der Waals surface area contributed by atoms with E-state index < -0.39 is 86.3 Å². The Morgan fingerprint density at radius 3 is 1.24 bits per heavy atom. The fraction of sp³-hybridized carbons (Fsp3) is 0.929. The Morgan fingerprint density at radius 2 is 0.973 bits per heavy atom. The lowest BCUT2D eigenvalue weighted by molar-refractivity contribution is -0.458. The average Bonchev–Trinajstić information content (AvgIpc) is 2.69.